The van der Waals surface area contributed by atoms with Crippen molar-refractivity contribution in [3.63, 3.8) is 0 Å². The number of hydrogen-bond donors (Lipinski definition) is 0. The standard InChI is InChI=1S/C10H22ClNO2S/c1-4-10(5-2)12(3)15(13,14)9-7-6-8-11/h10H,4-9H2,1-3H3. The summed E-state index contributed by atoms with van der Waals surface area (Å²) in [4.78, 5) is 0. The molecule has 0 aromatic carbocycles. The Hall–Kier alpha value is 0.200. The van der Waals surface area contributed by atoms with Gasteiger partial charge in [0.15, 0.2) is 0 Å². The van der Waals surface area contributed by atoms with Crippen LogP contribution in [0.5, 0.6) is 0 Å². The van der Waals surface area contributed by atoms with E-state index >= 15 is 0 Å². The Morgan fingerprint density at radius 3 is 2.13 bits per heavy atom. The van der Waals surface area contributed by atoms with E-state index < -0.39 is 10.0 Å². The fourth-order valence-electron chi connectivity index (χ4n) is 1.55. The van der Waals surface area contributed by atoms with Gasteiger partial charge in [-0.1, -0.05) is 13.8 Å². The van der Waals surface area contributed by atoms with Crippen LogP contribution in [-0.2, 0) is 10.0 Å². The lowest BCUT2D eigenvalue weighted by Crippen LogP contribution is -2.37. The van der Waals surface area contributed by atoms with E-state index in [1.807, 2.05) is 13.8 Å². The maximum atomic E-state index is 11.8. The van der Waals surface area contributed by atoms with Gasteiger partial charge in [0.05, 0.1) is 5.75 Å². The molecule has 0 radical (unpaired) electrons. The number of hydrogen-bond acceptors (Lipinski definition) is 2. The number of sulfonamides is 1. The van der Waals surface area contributed by atoms with Crippen molar-refractivity contribution >= 4 is 21.6 Å². The van der Waals surface area contributed by atoms with Crippen LogP contribution >= 0.6 is 11.6 Å². The number of halogens is 1. The molecule has 0 aliphatic carbocycles. The predicted molar refractivity (Wildman–Crippen MR) is 65.9 cm³/mol. The SMILES string of the molecule is CCC(CC)N(C)S(=O)(=O)CCCCCl. The van der Waals surface area contributed by atoms with Crippen molar-refractivity contribution in [1.82, 2.24) is 4.31 Å². The number of rotatable bonds is 8. The Morgan fingerprint density at radius 2 is 1.73 bits per heavy atom. The molecule has 0 heterocycles. The van der Waals surface area contributed by atoms with E-state index in [0.717, 1.165) is 19.3 Å². The minimum Gasteiger partial charge on any atom is -0.212 e. The molecular formula is C10H22ClNO2S. The molecule has 0 bridgehead atoms. The van der Waals surface area contributed by atoms with Crippen LogP contribution in [0.2, 0.25) is 0 Å². The summed E-state index contributed by atoms with van der Waals surface area (Å²) in [6.45, 7) is 4.03. The van der Waals surface area contributed by atoms with Gasteiger partial charge in [-0.25, -0.2) is 12.7 Å². The highest BCUT2D eigenvalue weighted by atomic mass is 35.5. The van der Waals surface area contributed by atoms with Crippen molar-refractivity contribution in [3.05, 3.63) is 0 Å². The van der Waals surface area contributed by atoms with E-state index in [2.05, 4.69) is 0 Å². The molecule has 0 amide bonds. The molecule has 0 atom stereocenters. The number of nitrogens with zero attached hydrogens (tertiary/aromatic N) is 1. The maximum absolute atomic E-state index is 11.8. The zero-order chi connectivity index (χ0) is 11.9. The van der Waals surface area contributed by atoms with Crippen LogP contribution in [0.1, 0.15) is 39.5 Å². The molecule has 0 unspecified atom stereocenters. The van der Waals surface area contributed by atoms with E-state index in [1.54, 1.807) is 7.05 Å². The number of alkyl halides is 1. The number of unbranched alkanes of at least 4 members (excludes halogenated alkanes) is 1. The quantitative estimate of drug-likeness (QED) is 0.494. The first-order valence-electron chi connectivity index (χ1n) is 5.51. The monoisotopic (exact) mass is 255 g/mol. The second-order valence-corrected chi connectivity index (χ2v) is 6.22. The Bertz CT molecular complexity index is 250. The van der Waals surface area contributed by atoms with E-state index in [1.165, 1.54) is 4.31 Å². The van der Waals surface area contributed by atoms with Gasteiger partial charge in [-0.2, -0.15) is 0 Å². The van der Waals surface area contributed by atoms with E-state index in [-0.39, 0.29) is 11.8 Å². The van der Waals surface area contributed by atoms with Gasteiger partial charge in [0.1, 0.15) is 0 Å². The van der Waals surface area contributed by atoms with Gasteiger partial charge in [-0.3, -0.25) is 0 Å². The van der Waals surface area contributed by atoms with Crippen LogP contribution in [0.4, 0.5) is 0 Å². The van der Waals surface area contributed by atoms with Crippen LogP contribution in [0, 0.1) is 0 Å². The van der Waals surface area contributed by atoms with E-state index in [4.69, 9.17) is 11.6 Å². The summed E-state index contributed by atoms with van der Waals surface area (Å²) in [5.74, 6) is 0.747. The van der Waals surface area contributed by atoms with Crippen molar-refractivity contribution in [2.75, 3.05) is 18.7 Å². The lowest BCUT2D eigenvalue weighted by Gasteiger charge is -2.25. The molecule has 0 saturated carbocycles. The zero-order valence-corrected chi connectivity index (χ0v) is 11.4. The molecule has 0 aromatic heterocycles. The lowest BCUT2D eigenvalue weighted by molar-refractivity contribution is 0.349. The first kappa shape index (κ1) is 15.2. The molecule has 0 N–H and O–H groups in total. The predicted octanol–water partition coefficient (Wildman–Crippen LogP) is 2.46. The van der Waals surface area contributed by atoms with Crippen molar-refractivity contribution in [3.8, 4) is 0 Å². The third kappa shape index (κ3) is 5.18. The summed E-state index contributed by atoms with van der Waals surface area (Å²) in [6, 6.07) is 0.131. The van der Waals surface area contributed by atoms with Crippen molar-refractivity contribution < 1.29 is 8.42 Å². The second kappa shape index (κ2) is 7.47. The fraction of sp³-hybridized carbons (Fsp3) is 1.00. The largest absolute Gasteiger partial charge is 0.214 e. The zero-order valence-electron chi connectivity index (χ0n) is 9.87. The topological polar surface area (TPSA) is 37.4 Å². The third-order valence-corrected chi connectivity index (χ3v) is 4.93. The average Bonchev–Trinajstić information content (AvgIpc) is 2.19. The summed E-state index contributed by atoms with van der Waals surface area (Å²) in [5.41, 5.74) is 0. The molecule has 15 heavy (non-hydrogen) atoms. The Labute approximate surface area is 98.8 Å². The second-order valence-electron chi connectivity index (χ2n) is 3.70. The highest BCUT2D eigenvalue weighted by Crippen LogP contribution is 2.12. The average molecular weight is 256 g/mol. The van der Waals surface area contributed by atoms with Gasteiger partial charge >= 0.3 is 0 Å². The Morgan fingerprint density at radius 1 is 1.20 bits per heavy atom. The molecule has 0 rings (SSSR count). The molecular weight excluding hydrogens is 234 g/mol. The molecule has 5 heteroatoms. The van der Waals surface area contributed by atoms with Crippen molar-refractivity contribution in [1.29, 1.82) is 0 Å². The molecule has 0 aromatic rings. The normalized spacial score (nSPS) is 12.7. The van der Waals surface area contributed by atoms with Crippen molar-refractivity contribution in [2.24, 2.45) is 0 Å². The van der Waals surface area contributed by atoms with E-state index in [0.29, 0.717) is 12.3 Å². The highest BCUT2D eigenvalue weighted by molar-refractivity contribution is 7.89. The van der Waals surface area contributed by atoms with Crippen LogP contribution in [0.3, 0.4) is 0 Å². The molecule has 3 nitrogen and oxygen atoms in total. The maximum Gasteiger partial charge on any atom is 0.214 e. The van der Waals surface area contributed by atoms with Crippen LogP contribution in [-0.4, -0.2) is 37.4 Å². The smallest absolute Gasteiger partial charge is 0.212 e. The lowest BCUT2D eigenvalue weighted by atomic mass is 10.2. The molecule has 0 fully saturated rings. The molecule has 0 saturated heterocycles. The molecule has 92 valence electrons. The van der Waals surface area contributed by atoms with Crippen LogP contribution in [0.25, 0.3) is 0 Å². The summed E-state index contributed by atoms with van der Waals surface area (Å²) in [7, 11) is -1.41. The summed E-state index contributed by atoms with van der Waals surface area (Å²) < 4.78 is 25.2. The first-order chi connectivity index (χ1) is 6.99. The van der Waals surface area contributed by atoms with Gasteiger partial charge in [-0.15, -0.1) is 11.6 Å². The molecule has 0 aliphatic rings. The Kier molecular flexibility index (Phi) is 7.57. The van der Waals surface area contributed by atoms with E-state index in [9.17, 15) is 8.42 Å². The van der Waals surface area contributed by atoms with Gasteiger partial charge in [0.25, 0.3) is 0 Å². The van der Waals surface area contributed by atoms with Gasteiger partial charge in [-0.05, 0) is 25.7 Å². The first-order valence-corrected chi connectivity index (χ1v) is 7.65. The van der Waals surface area contributed by atoms with Crippen LogP contribution in [0.15, 0.2) is 0 Å². The minimum atomic E-state index is -3.08. The van der Waals surface area contributed by atoms with Gasteiger partial charge in [0.2, 0.25) is 10.0 Å². The summed E-state index contributed by atoms with van der Waals surface area (Å²) in [5, 5.41) is 0. The fourth-order valence-corrected chi connectivity index (χ4v) is 3.35. The van der Waals surface area contributed by atoms with Crippen molar-refractivity contribution in [2.45, 2.75) is 45.6 Å². The Balaban J connectivity index is 4.30. The summed E-state index contributed by atoms with van der Waals surface area (Å²) >= 11 is 5.52. The highest BCUT2D eigenvalue weighted by Gasteiger charge is 2.23. The third-order valence-electron chi connectivity index (χ3n) is 2.68. The van der Waals surface area contributed by atoms with Gasteiger partial charge in [0, 0.05) is 19.0 Å². The van der Waals surface area contributed by atoms with Gasteiger partial charge < -0.3 is 0 Å². The summed E-state index contributed by atoms with van der Waals surface area (Å²) in [6.07, 6.45) is 3.14. The molecule has 0 aliphatic heterocycles. The minimum absolute atomic E-state index is 0.131. The molecule has 0 spiro atoms. The van der Waals surface area contributed by atoms with Crippen LogP contribution < -0.4 is 0 Å².